The number of nitrogens with zero attached hydrogens (tertiary/aromatic N) is 2. The molecule has 30 heavy (non-hydrogen) atoms. The van der Waals surface area contributed by atoms with E-state index >= 15 is 0 Å². The average Bonchev–Trinajstić information content (AvgIpc) is 2.95. The molecule has 1 atom stereocenters. The molecule has 1 aromatic heterocycles. The van der Waals surface area contributed by atoms with Crippen LogP contribution in [0.25, 0.3) is 11.1 Å². The van der Waals surface area contributed by atoms with Crippen LogP contribution in [-0.4, -0.2) is 39.5 Å². The second-order valence-electron chi connectivity index (χ2n) is 6.78. The summed E-state index contributed by atoms with van der Waals surface area (Å²) in [6.07, 6.45) is -1.07. The fraction of sp³-hybridized carbons (Fsp3) is 0.444. The van der Waals surface area contributed by atoms with Crippen molar-refractivity contribution < 1.29 is 28.5 Å². The number of non-ortho nitro benzene ring substituents is 1. The molecular weight excluding hydrogens is 400 g/mol. The van der Waals surface area contributed by atoms with E-state index < -0.39 is 34.7 Å². The van der Waals surface area contributed by atoms with Crippen molar-refractivity contribution in [2.45, 2.75) is 52.3 Å². The maximum Gasteiger partial charge on any atom is 0.419 e. The average molecular weight is 422 g/mol. The summed E-state index contributed by atoms with van der Waals surface area (Å²) in [5, 5.41) is 15.3. The lowest BCUT2D eigenvalue weighted by Gasteiger charge is -2.14. The largest absolute Gasteiger partial charge is 0.453 e. The molecule has 2 rings (SSSR count). The zero-order valence-electron chi connectivity index (χ0n) is 16.7. The van der Waals surface area contributed by atoms with Gasteiger partial charge in [-0.1, -0.05) is 0 Å². The third-order valence-corrected chi connectivity index (χ3v) is 3.96. The maximum atomic E-state index is 12.0. The van der Waals surface area contributed by atoms with Crippen molar-refractivity contribution in [3.63, 3.8) is 0 Å². The second-order valence-corrected chi connectivity index (χ2v) is 6.78. The molecule has 12 nitrogen and oxygen atoms in total. The van der Waals surface area contributed by atoms with Crippen LogP contribution in [0.15, 0.2) is 27.4 Å². The zero-order valence-corrected chi connectivity index (χ0v) is 16.7. The molecule has 2 aromatic rings. The summed E-state index contributed by atoms with van der Waals surface area (Å²) in [6.45, 7) is 4.89. The van der Waals surface area contributed by atoms with Crippen molar-refractivity contribution in [2.24, 2.45) is 0 Å². The van der Waals surface area contributed by atoms with E-state index in [-0.39, 0.29) is 36.7 Å². The minimum Gasteiger partial charge on any atom is -0.453 e. The minimum absolute atomic E-state index is 0.0711. The number of amides is 3. The fourth-order valence-corrected chi connectivity index (χ4v) is 2.58. The Morgan fingerprint density at radius 1 is 1.27 bits per heavy atom. The number of oxazole rings is 1. The van der Waals surface area contributed by atoms with Gasteiger partial charge in [0.15, 0.2) is 11.7 Å². The van der Waals surface area contributed by atoms with Crippen LogP contribution in [0.1, 0.15) is 33.6 Å². The Kier molecular flexibility index (Phi) is 7.28. The van der Waals surface area contributed by atoms with Gasteiger partial charge in [0.05, 0.1) is 16.5 Å². The van der Waals surface area contributed by atoms with Crippen LogP contribution in [0.5, 0.6) is 0 Å². The maximum absolute atomic E-state index is 12.0. The lowest BCUT2D eigenvalue weighted by Crippen LogP contribution is -2.46. The molecule has 0 saturated heterocycles. The number of carbonyl (C=O) groups is 3. The van der Waals surface area contributed by atoms with Gasteiger partial charge in [-0.2, -0.15) is 0 Å². The van der Waals surface area contributed by atoms with Gasteiger partial charge in [-0.25, -0.2) is 9.59 Å². The van der Waals surface area contributed by atoms with Crippen LogP contribution in [-0.2, 0) is 20.9 Å². The number of rotatable bonds is 8. The molecule has 0 aliphatic carbocycles. The lowest BCUT2D eigenvalue weighted by atomic mass is 10.2. The number of benzene rings is 1. The summed E-state index contributed by atoms with van der Waals surface area (Å²) in [5.41, 5.74) is 0.228. The van der Waals surface area contributed by atoms with Crippen molar-refractivity contribution in [2.75, 3.05) is 0 Å². The first-order chi connectivity index (χ1) is 14.1. The molecule has 162 valence electrons. The molecule has 0 aliphatic heterocycles. The van der Waals surface area contributed by atoms with Gasteiger partial charge in [0.2, 0.25) is 0 Å². The number of aryl methyl sites for hydroxylation is 1. The normalized spacial score (nSPS) is 11.9. The number of hydrogen-bond acceptors (Lipinski definition) is 8. The SMILES string of the molecule is CC(C)NC(=O)NC(=O)C(C)OC(=O)CCCn1c(=O)oc2cc([N+](=O)[O-])ccc21. The summed E-state index contributed by atoms with van der Waals surface area (Å²) in [4.78, 5) is 57.4. The predicted octanol–water partition coefficient (Wildman–Crippen LogP) is 1.45. The number of hydrogen-bond donors (Lipinski definition) is 2. The first-order valence-electron chi connectivity index (χ1n) is 9.17. The Morgan fingerprint density at radius 2 is 1.97 bits per heavy atom. The lowest BCUT2D eigenvalue weighted by molar-refractivity contribution is -0.384. The number of esters is 1. The van der Waals surface area contributed by atoms with Gasteiger partial charge in [-0.3, -0.25) is 29.6 Å². The molecule has 0 saturated carbocycles. The monoisotopic (exact) mass is 422 g/mol. The van der Waals surface area contributed by atoms with Crippen molar-refractivity contribution in [1.82, 2.24) is 15.2 Å². The van der Waals surface area contributed by atoms with Gasteiger partial charge in [-0.15, -0.1) is 0 Å². The van der Waals surface area contributed by atoms with Crippen molar-refractivity contribution in [3.8, 4) is 0 Å². The van der Waals surface area contributed by atoms with E-state index in [0.717, 1.165) is 6.07 Å². The number of urea groups is 1. The van der Waals surface area contributed by atoms with E-state index in [9.17, 15) is 29.3 Å². The van der Waals surface area contributed by atoms with E-state index in [4.69, 9.17) is 9.15 Å². The summed E-state index contributed by atoms with van der Waals surface area (Å²) in [6, 6.07) is 2.94. The summed E-state index contributed by atoms with van der Waals surface area (Å²) in [7, 11) is 0. The zero-order chi connectivity index (χ0) is 22.4. The first kappa shape index (κ1) is 22.6. The van der Waals surface area contributed by atoms with E-state index in [1.54, 1.807) is 13.8 Å². The van der Waals surface area contributed by atoms with Crippen LogP contribution < -0.4 is 16.4 Å². The summed E-state index contributed by atoms with van der Waals surface area (Å²) >= 11 is 0. The molecule has 0 radical (unpaired) electrons. The molecule has 0 bridgehead atoms. The van der Waals surface area contributed by atoms with Crippen molar-refractivity contribution >= 4 is 34.7 Å². The molecule has 3 amide bonds. The minimum atomic E-state index is -1.17. The highest BCUT2D eigenvalue weighted by Gasteiger charge is 2.20. The number of imide groups is 1. The molecule has 1 heterocycles. The Balaban J connectivity index is 1.88. The molecule has 1 aromatic carbocycles. The molecule has 0 aliphatic rings. The van der Waals surface area contributed by atoms with Gasteiger partial charge in [0, 0.05) is 25.1 Å². The van der Waals surface area contributed by atoms with E-state index in [1.807, 2.05) is 0 Å². The first-order valence-corrected chi connectivity index (χ1v) is 9.17. The third-order valence-electron chi connectivity index (χ3n) is 3.96. The van der Waals surface area contributed by atoms with Crippen LogP contribution in [0, 0.1) is 10.1 Å². The Labute approximate surface area is 170 Å². The van der Waals surface area contributed by atoms with Crippen LogP contribution in [0.2, 0.25) is 0 Å². The van der Waals surface area contributed by atoms with Crippen LogP contribution >= 0.6 is 0 Å². The topological polar surface area (TPSA) is 163 Å². The Morgan fingerprint density at radius 3 is 2.60 bits per heavy atom. The smallest absolute Gasteiger partial charge is 0.419 e. The molecule has 2 N–H and O–H groups in total. The van der Waals surface area contributed by atoms with E-state index in [2.05, 4.69) is 10.6 Å². The quantitative estimate of drug-likeness (QED) is 0.367. The molecule has 1 unspecified atom stereocenters. The fourth-order valence-electron chi connectivity index (χ4n) is 2.58. The molecule has 0 spiro atoms. The Hall–Kier alpha value is -3.70. The number of nitro benzene ring substituents is 1. The second kappa shape index (κ2) is 9.67. The van der Waals surface area contributed by atoms with Gasteiger partial charge in [0.25, 0.3) is 11.6 Å². The Bertz CT molecular complexity index is 1020. The van der Waals surface area contributed by atoms with Crippen molar-refractivity contribution in [1.29, 1.82) is 0 Å². The van der Waals surface area contributed by atoms with Gasteiger partial charge >= 0.3 is 17.8 Å². The van der Waals surface area contributed by atoms with Gasteiger partial charge in [-0.05, 0) is 33.3 Å². The number of ether oxygens (including phenoxy) is 1. The van der Waals surface area contributed by atoms with Crippen molar-refractivity contribution in [3.05, 3.63) is 38.9 Å². The molecule has 0 fully saturated rings. The highest BCUT2D eigenvalue weighted by Crippen LogP contribution is 2.20. The number of nitrogens with one attached hydrogen (secondary N) is 2. The predicted molar refractivity (Wildman–Crippen MR) is 104 cm³/mol. The number of nitro groups is 1. The summed E-state index contributed by atoms with van der Waals surface area (Å²) < 4.78 is 11.2. The highest BCUT2D eigenvalue weighted by molar-refractivity contribution is 5.97. The van der Waals surface area contributed by atoms with Crippen LogP contribution in [0.3, 0.4) is 0 Å². The number of carbonyl (C=O) groups excluding carboxylic acids is 3. The number of fused-ring (bicyclic) bond motifs is 1. The summed E-state index contributed by atoms with van der Waals surface area (Å²) in [5.74, 6) is -2.15. The van der Waals surface area contributed by atoms with Gasteiger partial charge in [0.1, 0.15) is 0 Å². The van der Waals surface area contributed by atoms with Gasteiger partial charge < -0.3 is 14.5 Å². The third kappa shape index (κ3) is 5.90. The van der Waals surface area contributed by atoms with E-state index in [0.29, 0.717) is 5.52 Å². The van der Waals surface area contributed by atoms with Crippen LogP contribution in [0.4, 0.5) is 10.5 Å². The van der Waals surface area contributed by atoms with E-state index in [1.165, 1.54) is 23.6 Å². The molecule has 12 heteroatoms. The standard InChI is InChI=1S/C18H22N4O8/c1-10(2)19-17(25)20-16(24)11(3)29-15(23)5-4-8-21-13-7-6-12(22(27)28)9-14(13)30-18(21)26/h6-7,9-11H,4-5,8H2,1-3H3,(H2,19,20,24,25). The highest BCUT2D eigenvalue weighted by atomic mass is 16.6. The number of aromatic nitrogens is 1. The molecular formula is C18H22N4O8.